The molecular formula is C11H15NO4S2. The van der Waals surface area contributed by atoms with E-state index in [2.05, 4.69) is 0 Å². The molecule has 0 aliphatic carbocycles. The summed E-state index contributed by atoms with van der Waals surface area (Å²) in [6.45, 7) is 2.06. The maximum Gasteiger partial charge on any atom is 0.308 e. The van der Waals surface area contributed by atoms with Gasteiger partial charge in [0.1, 0.15) is 0 Å². The Balaban J connectivity index is 2.30. The van der Waals surface area contributed by atoms with Gasteiger partial charge in [-0.05, 0) is 31.2 Å². The number of aliphatic carboxylic acids is 1. The molecule has 0 amide bonds. The fraction of sp³-hybridized carbons (Fsp3) is 0.545. The zero-order valence-corrected chi connectivity index (χ0v) is 11.6. The van der Waals surface area contributed by atoms with Crippen molar-refractivity contribution in [1.29, 1.82) is 0 Å². The Bertz CT molecular complexity index is 523. The van der Waals surface area contributed by atoms with Crippen molar-refractivity contribution in [2.75, 3.05) is 6.54 Å². The van der Waals surface area contributed by atoms with Crippen molar-refractivity contribution in [1.82, 2.24) is 4.31 Å². The number of thiophene rings is 1. The fourth-order valence-corrected chi connectivity index (χ4v) is 5.04. The first-order chi connectivity index (χ1) is 8.44. The van der Waals surface area contributed by atoms with E-state index < -0.39 is 28.0 Å². The Morgan fingerprint density at radius 1 is 1.56 bits per heavy atom. The molecule has 1 N–H and O–H groups in total. The number of carboxylic acid groups (broad SMARTS) is 1. The second kappa shape index (κ2) is 4.99. The van der Waals surface area contributed by atoms with Crippen LogP contribution in [0.1, 0.15) is 19.8 Å². The van der Waals surface area contributed by atoms with Crippen molar-refractivity contribution in [2.24, 2.45) is 5.92 Å². The largest absolute Gasteiger partial charge is 0.481 e. The van der Waals surface area contributed by atoms with Crippen LogP contribution in [0.2, 0.25) is 0 Å². The summed E-state index contributed by atoms with van der Waals surface area (Å²) in [6, 6.07) is 1.05. The number of hydrogen-bond donors (Lipinski definition) is 1. The van der Waals surface area contributed by atoms with E-state index in [4.69, 9.17) is 5.11 Å². The number of rotatable bonds is 3. The van der Waals surface area contributed by atoms with Crippen molar-refractivity contribution in [3.8, 4) is 0 Å². The summed E-state index contributed by atoms with van der Waals surface area (Å²) in [5.74, 6) is -1.54. The lowest BCUT2D eigenvalue weighted by Crippen LogP contribution is -2.48. The quantitative estimate of drug-likeness (QED) is 0.917. The van der Waals surface area contributed by atoms with Crippen LogP contribution in [0, 0.1) is 5.92 Å². The summed E-state index contributed by atoms with van der Waals surface area (Å²) < 4.78 is 26.0. The highest BCUT2D eigenvalue weighted by Crippen LogP contribution is 2.29. The second-order valence-electron chi connectivity index (χ2n) is 4.40. The molecule has 0 spiro atoms. The highest BCUT2D eigenvalue weighted by Gasteiger charge is 2.39. The van der Waals surface area contributed by atoms with Gasteiger partial charge in [-0.15, -0.1) is 0 Å². The Morgan fingerprint density at radius 2 is 2.28 bits per heavy atom. The van der Waals surface area contributed by atoms with Crippen LogP contribution in [-0.4, -0.2) is 36.4 Å². The van der Waals surface area contributed by atoms with E-state index in [0.717, 1.165) is 0 Å². The number of piperidine rings is 1. The van der Waals surface area contributed by atoms with Crippen LogP contribution in [0.5, 0.6) is 0 Å². The van der Waals surface area contributed by atoms with Gasteiger partial charge in [0.2, 0.25) is 10.0 Å². The summed E-state index contributed by atoms with van der Waals surface area (Å²) in [6.07, 6.45) is 1.12. The smallest absolute Gasteiger partial charge is 0.308 e. The minimum Gasteiger partial charge on any atom is -0.481 e. The summed E-state index contributed by atoms with van der Waals surface area (Å²) in [4.78, 5) is 11.4. The first-order valence-electron chi connectivity index (χ1n) is 5.71. The van der Waals surface area contributed by atoms with Gasteiger partial charge in [-0.25, -0.2) is 8.42 Å². The third-order valence-electron chi connectivity index (χ3n) is 3.35. The van der Waals surface area contributed by atoms with Crippen molar-refractivity contribution >= 4 is 27.3 Å². The minimum atomic E-state index is -3.55. The first-order valence-corrected chi connectivity index (χ1v) is 8.09. The highest BCUT2D eigenvalue weighted by atomic mass is 32.2. The normalized spacial score (nSPS) is 26.1. The molecule has 5 nitrogen and oxygen atoms in total. The number of carbonyl (C=O) groups is 1. The van der Waals surface area contributed by atoms with Crippen LogP contribution in [0.15, 0.2) is 21.7 Å². The molecule has 2 heterocycles. The molecule has 1 aromatic rings. The third kappa shape index (κ3) is 2.30. The standard InChI is InChI=1S/C11H15NO4S2/c1-8-10(11(13)14)3-2-5-12(8)18(15,16)9-4-6-17-7-9/h4,6-8,10H,2-3,5H2,1H3,(H,13,14)/t8-,10-/m1/s1. The molecule has 0 bridgehead atoms. The lowest BCUT2D eigenvalue weighted by molar-refractivity contribution is -0.144. The van der Waals surface area contributed by atoms with Crippen LogP contribution < -0.4 is 0 Å². The SMILES string of the molecule is C[C@@H]1[C@H](C(=O)O)CCCN1S(=O)(=O)c1ccsc1. The number of carboxylic acids is 1. The number of sulfonamides is 1. The van der Waals surface area contributed by atoms with E-state index in [1.807, 2.05) is 0 Å². The van der Waals surface area contributed by atoms with Crippen LogP contribution in [-0.2, 0) is 14.8 Å². The van der Waals surface area contributed by atoms with Crippen LogP contribution in [0.3, 0.4) is 0 Å². The van der Waals surface area contributed by atoms with Crippen molar-refractivity contribution in [3.05, 3.63) is 16.8 Å². The average Bonchev–Trinajstić information content (AvgIpc) is 2.82. The van der Waals surface area contributed by atoms with E-state index in [1.165, 1.54) is 15.6 Å². The van der Waals surface area contributed by atoms with Crippen molar-refractivity contribution in [3.63, 3.8) is 0 Å². The molecule has 1 aliphatic heterocycles. The van der Waals surface area contributed by atoms with Gasteiger partial charge in [0.15, 0.2) is 0 Å². The van der Waals surface area contributed by atoms with Gasteiger partial charge in [-0.1, -0.05) is 0 Å². The molecule has 0 unspecified atom stereocenters. The molecule has 1 aliphatic rings. The van der Waals surface area contributed by atoms with Gasteiger partial charge in [0, 0.05) is 18.0 Å². The third-order valence-corrected chi connectivity index (χ3v) is 6.16. The second-order valence-corrected chi connectivity index (χ2v) is 7.07. The molecule has 2 rings (SSSR count). The molecule has 1 fully saturated rings. The van der Waals surface area contributed by atoms with Crippen LogP contribution in [0.4, 0.5) is 0 Å². The maximum absolute atomic E-state index is 12.4. The fourth-order valence-electron chi connectivity index (χ4n) is 2.32. The minimum absolute atomic E-state index is 0.255. The Hall–Kier alpha value is -0.920. The van der Waals surface area contributed by atoms with Crippen molar-refractivity contribution in [2.45, 2.75) is 30.7 Å². The lowest BCUT2D eigenvalue weighted by Gasteiger charge is -2.36. The Labute approximate surface area is 110 Å². The molecule has 0 aromatic carbocycles. The van der Waals surface area contributed by atoms with E-state index in [0.29, 0.717) is 19.4 Å². The summed E-state index contributed by atoms with van der Waals surface area (Å²) in [5, 5.41) is 12.4. The van der Waals surface area contributed by atoms with Gasteiger partial charge in [0.05, 0.1) is 10.8 Å². The number of hydrogen-bond acceptors (Lipinski definition) is 4. The Kier molecular flexibility index (Phi) is 3.74. The molecule has 0 saturated carbocycles. The molecule has 7 heteroatoms. The van der Waals surface area contributed by atoms with E-state index in [1.54, 1.807) is 23.8 Å². The first kappa shape index (κ1) is 13.5. The summed E-state index contributed by atoms with van der Waals surface area (Å²) >= 11 is 1.32. The van der Waals surface area contributed by atoms with E-state index in [-0.39, 0.29) is 4.90 Å². The van der Waals surface area contributed by atoms with Gasteiger partial charge < -0.3 is 5.11 Å². The monoisotopic (exact) mass is 289 g/mol. The predicted octanol–water partition coefficient (Wildman–Crippen LogP) is 1.62. The predicted molar refractivity (Wildman–Crippen MR) is 68.0 cm³/mol. The van der Waals surface area contributed by atoms with Crippen molar-refractivity contribution < 1.29 is 18.3 Å². The average molecular weight is 289 g/mol. The molecule has 2 atom stereocenters. The summed E-state index contributed by atoms with van der Waals surface area (Å²) in [5.41, 5.74) is 0. The van der Waals surface area contributed by atoms with Gasteiger partial charge >= 0.3 is 5.97 Å². The van der Waals surface area contributed by atoms with Crippen LogP contribution in [0.25, 0.3) is 0 Å². The van der Waals surface area contributed by atoms with E-state index >= 15 is 0 Å². The zero-order chi connectivity index (χ0) is 13.3. The van der Waals surface area contributed by atoms with Gasteiger partial charge in [-0.3, -0.25) is 4.79 Å². The van der Waals surface area contributed by atoms with E-state index in [9.17, 15) is 13.2 Å². The topological polar surface area (TPSA) is 74.7 Å². The molecule has 1 saturated heterocycles. The Morgan fingerprint density at radius 3 is 2.83 bits per heavy atom. The number of nitrogens with zero attached hydrogens (tertiary/aromatic N) is 1. The molecular weight excluding hydrogens is 274 g/mol. The van der Waals surface area contributed by atoms with Gasteiger partial charge in [0.25, 0.3) is 0 Å². The zero-order valence-electron chi connectivity index (χ0n) is 9.94. The van der Waals surface area contributed by atoms with Gasteiger partial charge in [-0.2, -0.15) is 15.6 Å². The molecule has 0 radical (unpaired) electrons. The maximum atomic E-state index is 12.4. The summed E-state index contributed by atoms with van der Waals surface area (Å²) in [7, 11) is -3.55. The molecule has 18 heavy (non-hydrogen) atoms. The van der Waals surface area contributed by atoms with Crippen LogP contribution >= 0.6 is 11.3 Å². The highest BCUT2D eigenvalue weighted by molar-refractivity contribution is 7.89. The lowest BCUT2D eigenvalue weighted by atomic mass is 9.92. The molecule has 100 valence electrons. The molecule has 1 aromatic heterocycles.